The first-order valence-electron chi connectivity index (χ1n) is 10.3. The lowest BCUT2D eigenvalue weighted by Crippen LogP contribution is -2.48. The molecular formula is C25H28N2O2. The van der Waals surface area contributed by atoms with E-state index in [1.165, 1.54) is 0 Å². The van der Waals surface area contributed by atoms with Crippen LogP contribution in [0.15, 0.2) is 72.8 Å². The maximum absolute atomic E-state index is 13.6. The van der Waals surface area contributed by atoms with Crippen LogP contribution in [0.5, 0.6) is 0 Å². The average molecular weight is 389 g/mol. The van der Waals surface area contributed by atoms with E-state index in [0.29, 0.717) is 6.54 Å². The van der Waals surface area contributed by atoms with Crippen molar-refractivity contribution in [3.63, 3.8) is 0 Å². The van der Waals surface area contributed by atoms with Crippen LogP contribution in [0, 0.1) is 0 Å². The van der Waals surface area contributed by atoms with Crippen molar-refractivity contribution >= 4 is 16.7 Å². The lowest BCUT2D eigenvalue weighted by molar-refractivity contribution is 0.0228. The van der Waals surface area contributed by atoms with Gasteiger partial charge in [-0.05, 0) is 35.4 Å². The van der Waals surface area contributed by atoms with Gasteiger partial charge in [0, 0.05) is 37.8 Å². The number of nitrogens with zero attached hydrogens (tertiary/aromatic N) is 2. The van der Waals surface area contributed by atoms with E-state index >= 15 is 0 Å². The van der Waals surface area contributed by atoms with E-state index in [9.17, 15) is 4.79 Å². The fraction of sp³-hybridized carbons (Fsp3) is 0.320. The lowest BCUT2D eigenvalue weighted by Gasteiger charge is -2.35. The molecule has 29 heavy (non-hydrogen) atoms. The summed E-state index contributed by atoms with van der Waals surface area (Å²) >= 11 is 0. The fourth-order valence-electron chi connectivity index (χ4n) is 3.95. The third-order valence-electron chi connectivity index (χ3n) is 5.61. The Bertz CT molecular complexity index is 951. The first-order chi connectivity index (χ1) is 14.2. The molecule has 0 aromatic heterocycles. The highest BCUT2D eigenvalue weighted by molar-refractivity contribution is 5.98. The predicted molar refractivity (Wildman–Crippen MR) is 117 cm³/mol. The van der Waals surface area contributed by atoms with Crippen LogP contribution in [0.4, 0.5) is 0 Å². The number of fused-ring (bicyclic) bond motifs is 1. The molecule has 150 valence electrons. The molecule has 1 aliphatic heterocycles. The van der Waals surface area contributed by atoms with Crippen LogP contribution in [0.2, 0.25) is 0 Å². The number of benzene rings is 3. The van der Waals surface area contributed by atoms with Gasteiger partial charge < -0.3 is 9.64 Å². The number of rotatable bonds is 6. The van der Waals surface area contributed by atoms with E-state index in [4.69, 9.17) is 4.74 Å². The Balaban J connectivity index is 1.59. The van der Waals surface area contributed by atoms with Crippen LogP contribution in [0.1, 0.15) is 22.8 Å². The Morgan fingerprint density at radius 3 is 2.41 bits per heavy atom. The van der Waals surface area contributed by atoms with E-state index in [0.717, 1.165) is 54.7 Å². The SMILES string of the molecule is CC(CN1CCOCC1)N(Cc1ccccc1)C(=O)c1ccc2ccccc2c1. The molecule has 0 bridgehead atoms. The van der Waals surface area contributed by atoms with Crippen LogP contribution >= 0.6 is 0 Å². The molecule has 1 amide bonds. The minimum Gasteiger partial charge on any atom is -0.379 e. The molecule has 3 aromatic carbocycles. The normalized spacial score (nSPS) is 15.9. The van der Waals surface area contributed by atoms with Gasteiger partial charge in [-0.15, -0.1) is 0 Å². The van der Waals surface area contributed by atoms with Crippen LogP contribution in [-0.2, 0) is 11.3 Å². The standard InChI is InChI=1S/C25H28N2O2/c1-20(18-26-13-15-29-16-14-26)27(19-21-7-3-2-4-8-21)25(28)24-12-11-22-9-5-6-10-23(22)17-24/h2-12,17,20H,13-16,18-19H2,1H3. The van der Waals surface area contributed by atoms with Gasteiger partial charge in [-0.2, -0.15) is 0 Å². The van der Waals surface area contributed by atoms with Crippen molar-refractivity contribution in [1.82, 2.24) is 9.80 Å². The molecule has 1 atom stereocenters. The minimum atomic E-state index is 0.0837. The van der Waals surface area contributed by atoms with Crippen LogP contribution in [0.3, 0.4) is 0 Å². The van der Waals surface area contributed by atoms with Crippen molar-refractivity contribution in [2.45, 2.75) is 19.5 Å². The Morgan fingerprint density at radius 1 is 0.966 bits per heavy atom. The molecule has 0 aliphatic carbocycles. The van der Waals surface area contributed by atoms with Crippen molar-refractivity contribution in [1.29, 1.82) is 0 Å². The molecule has 4 nitrogen and oxygen atoms in total. The molecule has 1 heterocycles. The number of carbonyl (C=O) groups is 1. The molecule has 0 N–H and O–H groups in total. The lowest BCUT2D eigenvalue weighted by atomic mass is 10.0. The molecule has 1 saturated heterocycles. The second-order valence-electron chi connectivity index (χ2n) is 7.74. The zero-order valence-corrected chi connectivity index (χ0v) is 17.0. The van der Waals surface area contributed by atoms with Gasteiger partial charge in [-0.3, -0.25) is 9.69 Å². The van der Waals surface area contributed by atoms with Crippen molar-refractivity contribution < 1.29 is 9.53 Å². The largest absolute Gasteiger partial charge is 0.379 e. The molecule has 4 rings (SSSR count). The second-order valence-corrected chi connectivity index (χ2v) is 7.74. The summed E-state index contributed by atoms with van der Waals surface area (Å²) in [7, 11) is 0. The molecular weight excluding hydrogens is 360 g/mol. The number of ether oxygens (including phenoxy) is 1. The van der Waals surface area contributed by atoms with Crippen molar-refractivity contribution in [2.75, 3.05) is 32.8 Å². The maximum Gasteiger partial charge on any atom is 0.254 e. The second kappa shape index (κ2) is 9.21. The van der Waals surface area contributed by atoms with E-state index < -0.39 is 0 Å². The predicted octanol–water partition coefficient (Wildman–Crippen LogP) is 4.20. The number of amides is 1. The highest BCUT2D eigenvalue weighted by Gasteiger charge is 2.24. The van der Waals surface area contributed by atoms with Gasteiger partial charge >= 0.3 is 0 Å². The zero-order chi connectivity index (χ0) is 20.1. The molecule has 0 spiro atoms. The summed E-state index contributed by atoms with van der Waals surface area (Å²) in [6.07, 6.45) is 0. The summed E-state index contributed by atoms with van der Waals surface area (Å²) < 4.78 is 5.47. The first-order valence-corrected chi connectivity index (χ1v) is 10.3. The summed E-state index contributed by atoms with van der Waals surface area (Å²) in [6, 6.07) is 24.5. The van der Waals surface area contributed by atoms with Crippen LogP contribution < -0.4 is 0 Å². The third kappa shape index (κ3) is 4.84. The van der Waals surface area contributed by atoms with Crippen molar-refractivity contribution in [3.05, 3.63) is 83.9 Å². The highest BCUT2D eigenvalue weighted by atomic mass is 16.5. The van der Waals surface area contributed by atoms with Crippen molar-refractivity contribution in [2.24, 2.45) is 0 Å². The molecule has 0 radical (unpaired) electrons. The number of hydrogen-bond acceptors (Lipinski definition) is 3. The van der Waals surface area contributed by atoms with Gasteiger partial charge in [0.2, 0.25) is 0 Å². The summed E-state index contributed by atoms with van der Waals surface area (Å²) in [5.41, 5.74) is 1.89. The number of morpholine rings is 1. The van der Waals surface area contributed by atoms with E-state index in [1.807, 2.05) is 53.4 Å². The Morgan fingerprint density at radius 2 is 1.66 bits per heavy atom. The average Bonchev–Trinajstić information content (AvgIpc) is 2.78. The summed E-state index contributed by atoms with van der Waals surface area (Å²) in [5.74, 6) is 0.0837. The van der Waals surface area contributed by atoms with Gasteiger partial charge in [-0.25, -0.2) is 0 Å². The Labute approximate surface area is 172 Å². The van der Waals surface area contributed by atoms with Gasteiger partial charge in [-0.1, -0.05) is 60.7 Å². The molecule has 1 aliphatic rings. The van der Waals surface area contributed by atoms with E-state index in [1.54, 1.807) is 0 Å². The molecule has 0 saturated carbocycles. The Hall–Kier alpha value is -2.69. The van der Waals surface area contributed by atoms with E-state index in [2.05, 4.69) is 36.1 Å². The maximum atomic E-state index is 13.6. The number of carbonyl (C=O) groups excluding carboxylic acids is 1. The van der Waals surface area contributed by atoms with Gasteiger partial charge in [0.15, 0.2) is 0 Å². The Kier molecular flexibility index (Phi) is 6.23. The summed E-state index contributed by atoms with van der Waals surface area (Å²) in [4.78, 5) is 18.0. The summed E-state index contributed by atoms with van der Waals surface area (Å²) in [6.45, 7) is 7.00. The van der Waals surface area contributed by atoms with Crippen LogP contribution in [-0.4, -0.2) is 54.6 Å². The highest BCUT2D eigenvalue weighted by Crippen LogP contribution is 2.20. The third-order valence-corrected chi connectivity index (χ3v) is 5.61. The molecule has 3 aromatic rings. The van der Waals surface area contributed by atoms with E-state index in [-0.39, 0.29) is 11.9 Å². The topological polar surface area (TPSA) is 32.8 Å². The van der Waals surface area contributed by atoms with Crippen molar-refractivity contribution in [3.8, 4) is 0 Å². The van der Waals surface area contributed by atoms with Gasteiger partial charge in [0.05, 0.1) is 13.2 Å². The van der Waals surface area contributed by atoms with Gasteiger partial charge in [0.25, 0.3) is 5.91 Å². The quantitative estimate of drug-likeness (QED) is 0.634. The smallest absolute Gasteiger partial charge is 0.254 e. The molecule has 1 unspecified atom stereocenters. The number of hydrogen-bond donors (Lipinski definition) is 0. The minimum absolute atomic E-state index is 0.0837. The molecule has 4 heteroatoms. The van der Waals surface area contributed by atoms with Crippen LogP contribution in [0.25, 0.3) is 10.8 Å². The summed E-state index contributed by atoms with van der Waals surface area (Å²) in [5, 5.41) is 2.25. The first kappa shape index (κ1) is 19.6. The fourth-order valence-corrected chi connectivity index (χ4v) is 3.95. The zero-order valence-electron chi connectivity index (χ0n) is 17.0. The molecule has 1 fully saturated rings. The van der Waals surface area contributed by atoms with Gasteiger partial charge in [0.1, 0.15) is 0 Å². The monoisotopic (exact) mass is 388 g/mol.